The summed E-state index contributed by atoms with van der Waals surface area (Å²) in [5.74, 6) is -1.17. The van der Waals surface area contributed by atoms with Crippen molar-refractivity contribution in [1.29, 1.82) is 0 Å². The number of carbonyl (C=O) groups excluding carboxylic acids is 1. The molecule has 0 aliphatic heterocycles. The fourth-order valence-corrected chi connectivity index (χ4v) is 4.35. The molecule has 1 aromatic heterocycles. The highest BCUT2D eigenvalue weighted by Gasteiger charge is 2.43. The van der Waals surface area contributed by atoms with Gasteiger partial charge >= 0.3 is 0 Å². The maximum absolute atomic E-state index is 14.2. The van der Waals surface area contributed by atoms with E-state index < -0.39 is 29.5 Å². The van der Waals surface area contributed by atoms with Crippen LogP contribution in [-0.2, 0) is 0 Å². The Bertz CT molecular complexity index is 1080. The second-order valence-corrected chi connectivity index (χ2v) is 8.09. The number of rotatable bonds is 4. The zero-order valence-electron chi connectivity index (χ0n) is 16.1. The number of carbonyl (C=O) groups is 1. The number of nitrogens with one attached hydrogen (secondary N) is 1. The molecule has 1 saturated carbocycles. The van der Waals surface area contributed by atoms with Gasteiger partial charge < -0.3 is 10.4 Å². The Balaban J connectivity index is 1.74. The third kappa shape index (κ3) is 3.89. The van der Waals surface area contributed by atoms with Crippen molar-refractivity contribution >= 4 is 28.3 Å². The molecule has 4 rings (SSSR count). The molecule has 1 atom stereocenters. The lowest BCUT2D eigenvalue weighted by atomic mass is 9.76. The van der Waals surface area contributed by atoms with E-state index in [4.69, 9.17) is 11.6 Å². The number of aromatic nitrogens is 1. The van der Waals surface area contributed by atoms with Gasteiger partial charge in [0.2, 0.25) is 0 Å². The van der Waals surface area contributed by atoms with Crippen molar-refractivity contribution in [3.8, 4) is 0 Å². The number of fused-ring (bicyclic) bond motifs is 1. The Labute approximate surface area is 177 Å². The van der Waals surface area contributed by atoms with Gasteiger partial charge in [-0.2, -0.15) is 0 Å². The van der Waals surface area contributed by atoms with Crippen LogP contribution in [0.2, 0.25) is 5.02 Å². The van der Waals surface area contributed by atoms with Crippen molar-refractivity contribution in [1.82, 2.24) is 10.3 Å². The normalized spacial score (nSPS) is 22.6. The molecule has 156 valence electrons. The van der Waals surface area contributed by atoms with Gasteiger partial charge in [0, 0.05) is 11.6 Å². The first-order valence-electron chi connectivity index (χ1n) is 9.84. The smallest absolute Gasteiger partial charge is 0.271 e. The fourth-order valence-electron chi connectivity index (χ4n) is 4.12. The third-order valence-electron chi connectivity index (χ3n) is 5.77. The Morgan fingerprint density at radius 3 is 2.67 bits per heavy atom. The van der Waals surface area contributed by atoms with Crippen molar-refractivity contribution in [3.63, 3.8) is 0 Å². The van der Waals surface area contributed by atoms with E-state index in [1.165, 1.54) is 18.3 Å². The number of amides is 1. The Kier molecular flexibility index (Phi) is 5.71. The molecule has 1 aliphatic rings. The van der Waals surface area contributed by atoms with Crippen LogP contribution in [0, 0.1) is 5.82 Å². The van der Waals surface area contributed by atoms with E-state index in [0.717, 1.165) is 5.39 Å². The van der Waals surface area contributed by atoms with Crippen LogP contribution in [0.5, 0.6) is 0 Å². The summed E-state index contributed by atoms with van der Waals surface area (Å²) in [7, 11) is 0. The third-order valence-corrected chi connectivity index (χ3v) is 6.17. The van der Waals surface area contributed by atoms with Crippen LogP contribution in [0.15, 0.2) is 54.7 Å². The lowest BCUT2D eigenvalue weighted by molar-refractivity contribution is -0.0446. The van der Waals surface area contributed by atoms with Gasteiger partial charge in [0.1, 0.15) is 17.7 Å². The molecule has 1 heterocycles. The summed E-state index contributed by atoms with van der Waals surface area (Å²) in [6.45, 7) is 0. The predicted molar refractivity (Wildman–Crippen MR) is 112 cm³/mol. The van der Waals surface area contributed by atoms with Crippen molar-refractivity contribution in [2.75, 3.05) is 0 Å². The van der Waals surface area contributed by atoms with Crippen LogP contribution in [-0.4, -0.2) is 27.8 Å². The zero-order valence-corrected chi connectivity index (χ0v) is 16.9. The molecule has 3 aromatic rings. The van der Waals surface area contributed by atoms with Crippen molar-refractivity contribution in [3.05, 3.63) is 76.8 Å². The first-order valence-corrected chi connectivity index (χ1v) is 10.2. The molecule has 1 fully saturated rings. The van der Waals surface area contributed by atoms with E-state index in [9.17, 15) is 18.7 Å². The highest BCUT2D eigenvalue weighted by atomic mass is 35.5. The molecule has 0 bridgehead atoms. The predicted octanol–water partition coefficient (Wildman–Crippen LogP) is 5.14. The Hall–Kier alpha value is -2.57. The van der Waals surface area contributed by atoms with E-state index in [1.807, 2.05) is 12.1 Å². The lowest BCUT2D eigenvalue weighted by Gasteiger charge is -2.41. The monoisotopic (exact) mass is 430 g/mol. The highest BCUT2D eigenvalue weighted by molar-refractivity contribution is 6.31. The minimum Gasteiger partial charge on any atom is -0.387 e. The number of hydrogen-bond donors (Lipinski definition) is 2. The number of halogens is 3. The molecule has 1 amide bonds. The summed E-state index contributed by atoms with van der Waals surface area (Å²) in [5.41, 5.74) is -1.02. The van der Waals surface area contributed by atoms with Crippen molar-refractivity contribution < 1.29 is 18.7 Å². The molecule has 30 heavy (non-hydrogen) atoms. The van der Waals surface area contributed by atoms with Crippen LogP contribution >= 0.6 is 11.6 Å². The highest BCUT2D eigenvalue weighted by Crippen LogP contribution is 2.42. The quantitative estimate of drug-likeness (QED) is 0.602. The molecule has 2 aromatic carbocycles. The number of pyridine rings is 1. The molecule has 0 spiro atoms. The van der Waals surface area contributed by atoms with Gasteiger partial charge in [-0.15, -0.1) is 0 Å². The molecule has 0 radical (unpaired) electrons. The molecule has 0 saturated heterocycles. The molecule has 1 unspecified atom stereocenters. The SMILES string of the molecule is O=C(NC(c1cccc(F)c1Cl)C1(O)CCC(F)CC1)c1nccc2ccccc12. The summed E-state index contributed by atoms with van der Waals surface area (Å²) in [6, 6.07) is 12.3. The van der Waals surface area contributed by atoms with Crippen LogP contribution in [0.4, 0.5) is 8.78 Å². The molecule has 1 aliphatic carbocycles. The van der Waals surface area contributed by atoms with Gasteiger partial charge in [0.05, 0.1) is 16.7 Å². The van der Waals surface area contributed by atoms with Crippen LogP contribution in [0.25, 0.3) is 10.8 Å². The number of hydrogen-bond acceptors (Lipinski definition) is 3. The topological polar surface area (TPSA) is 62.2 Å². The summed E-state index contributed by atoms with van der Waals surface area (Å²) >= 11 is 6.20. The number of nitrogens with zero attached hydrogens (tertiary/aromatic N) is 1. The maximum atomic E-state index is 14.2. The average Bonchev–Trinajstić information content (AvgIpc) is 2.76. The maximum Gasteiger partial charge on any atom is 0.271 e. The van der Waals surface area contributed by atoms with Gasteiger partial charge in [-0.25, -0.2) is 8.78 Å². The zero-order chi connectivity index (χ0) is 21.3. The van der Waals surface area contributed by atoms with Crippen LogP contribution in [0.3, 0.4) is 0 Å². The second-order valence-electron chi connectivity index (χ2n) is 7.71. The molecular formula is C23H21ClF2N2O2. The summed E-state index contributed by atoms with van der Waals surface area (Å²) in [4.78, 5) is 17.4. The second kappa shape index (κ2) is 8.28. The first kappa shape index (κ1) is 20.7. The van der Waals surface area contributed by atoms with E-state index in [2.05, 4.69) is 10.3 Å². The molecular weight excluding hydrogens is 410 g/mol. The Morgan fingerprint density at radius 2 is 1.90 bits per heavy atom. The summed E-state index contributed by atoms with van der Waals surface area (Å²) in [6.07, 6.45) is 1.07. The number of benzene rings is 2. The van der Waals surface area contributed by atoms with Crippen molar-refractivity contribution in [2.45, 2.75) is 43.5 Å². The average molecular weight is 431 g/mol. The standard InChI is InChI=1S/C23H21ClF2N2O2/c24-19-17(6-3-7-18(19)26)21(23(30)11-8-15(25)9-12-23)28-22(29)20-16-5-2-1-4-14(16)10-13-27-20/h1-7,10,13,15,21,30H,8-9,11-12H2,(H,28,29). The van der Waals surface area contributed by atoms with E-state index in [1.54, 1.807) is 24.3 Å². The van der Waals surface area contributed by atoms with Gasteiger partial charge in [0.15, 0.2) is 0 Å². The minimum atomic E-state index is -1.46. The number of aliphatic hydroxyl groups is 1. The molecule has 7 heteroatoms. The Morgan fingerprint density at radius 1 is 1.17 bits per heavy atom. The summed E-state index contributed by atoms with van der Waals surface area (Å²) < 4.78 is 27.9. The largest absolute Gasteiger partial charge is 0.387 e. The van der Waals surface area contributed by atoms with Gasteiger partial charge in [0.25, 0.3) is 5.91 Å². The number of alkyl halides is 1. The van der Waals surface area contributed by atoms with Crippen LogP contribution in [0.1, 0.15) is 47.8 Å². The van der Waals surface area contributed by atoms with E-state index in [-0.39, 0.29) is 42.0 Å². The van der Waals surface area contributed by atoms with Gasteiger partial charge in [-0.3, -0.25) is 9.78 Å². The van der Waals surface area contributed by atoms with E-state index >= 15 is 0 Å². The fraction of sp³-hybridized carbons (Fsp3) is 0.304. The minimum absolute atomic E-state index is 0.120. The van der Waals surface area contributed by atoms with E-state index in [0.29, 0.717) is 5.39 Å². The molecule has 4 nitrogen and oxygen atoms in total. The summed E-state index contributed by atoms with van der Waals surface area (Å²) in [5, 5.41) is 15.5. The van der Waals surface area contributed by atoms with Gasteiger partial charge in [-0.1, -0.05) is 48.0 Å². The first-order chi connectivity index (χ1) is 14.4. The van der Waals surface area contributed by atoms with Crippen molar-refractivity contribution in [2.24, 2.45) is 0 Å². The molecule has 2 N–H and O–H groups in total. The van der Waals surface area contributed by atoms with Gasteiger partial charge in [-0.05, 0) is 48.8 Å². The lowest BCUT2D eigenvalue weighted by Crippen LogP contribution is -2.48. The van der Waals surface area contributed by atoms with Crippen LogP contribution < -0.4 is 5.32 Å².